The molecule has 0 aliphatic heterocycles. The monoisotopic (exact) mass is 273 g/mol. The summed E-state index contributed by atoms with van der Waals surface area (Å²) in [4.78, 5) is 0. The van der Waals surface area contributed by atoms with Gasteiger partial charge in [-0.1, -0.05) is 52.4 Å². The van der Waals surface area contributed by atoms with Crippen molar-refractivity contribution in [1.82, 2.24) is 5.32 Å². The van der Waals surface area contributed by atoms with Gasteiger partial charge in [0.2, 0.25) is 0 Å². The third kappa shape index (κ3) is 10.3. The average Bonchev–Trinajstić information content (AvgIpc) is 2.41. The van der Waals surface area contributed by atoms with E-state index in [0.29, 0.717) is 19.3 Å². The van der Waals surface area contributed by atoms with E-state index in [9.17, 15) is 0 Å². The van der Waals surface area contributed by atoms with Crippen molar-refractivity contribution in [3.8, 4) is 0 Å². The van der Waals surface area contributed by atoms with E-state index in [1.54, 1.807) is 0 Å². The summed E-state index contributed by atoms with van der Waals surface area (Å²) in [6.45, 7) is 10.8. The Kier molecular flexibility index (Phi) is 14.2. The van der Waals surface area contributed by atoms with Crippen molar-refractivity contribution in [1.29, 1.82) is 0 Å². The van der Waals surface area contributed by atoms with Crippen LogP contribution in [0.3, 0.4) is 0 Å². The first-order valence-corrected chi connectivity index (χ1v) is 8.26. The van der Waals surface area contributed by atoms with Crippen LogP contribution in [-0.4, -0.2) is 32.1 Å². The highest BCUT2D eigenvalue weighted by Crippen LogP contribution is 2.13. The molecular formula is C16H35NO2. The van der Waals surface area contributed by atoms with Crippen molar-refractivity contribution in [2.75, 3.05) is 19.8 Å². The number of ether oxygens (including phenoxy) is 2. The maximum Gasteiger partial charge on any atom is 0.172 e. The Bertz CT molecular complexity index is 170. The number of unbranched alkanes of at least 4 members (excludes halogenated alkanes) is 5. The maximum absolute atomic E-state index is 5.71. The summed E-state index contributed by atoms with van der Waals surface area (Å²) in [5.41, 5.74) is 0. The molecule has 0 amide bonds. The highest BCUT2D eigenvalue weighted by molar-refractivity contribution is 4.70. The molecule has 1 atom stereocenters. The Morgan fingerprint density at radius 3 is 1.89 bits per heavy atom. The van der Waals surface area contributed by atoms with Crippen molar-refractivity contribution in [2.45, 2.75) is 85.0 Å². The molecule has 0 heterocycles. The normalized spacial score (nSPS) is 13.1. The van der Waals surface area contributed by atoms with Crippen LogP contribution >= 0.6 is 0 Å². The summed E-state index contributed by atoms with van der Waals surface area (Å²) in [6, 6.07) is 0.330. The summed E-state index contributed by atoms with van der Waals surface area (Å²) in [6.07, 6.45) is 9.07. The van der Waals surface area contributed by atoms with Gasteiger partial charge in [0, 0.05) is 13.2 Å². The van der Waals surface area contributed by atoms with E-state index in [4.69, 9.17) is 9.47 Å². The zero-order valence-electron chi connectivity index (χ0n) is 13.5. The van der Waals surface area contributed by atoms with Crippen molar-refractivity contribution in [3.63, 3.8) is 0 Å². The van der Waals surface area contributed by atoms with E-state index in [1.807, 2.05) is 13.8 Å². The van der Waals surface area contributed by atoms with Crippen LogP contribution in [0.1, 0.15) is 72.6 Å². The first kappa shape index (κ1) is 18.9. The minimum atomic E-state index is -0.0920. The molecule has 3 heteroatoms. The standard InChI is InChI=1S/C16H35NO2/c1-5-9-10-11-12-13-14-15(17-6-2)16(18-7-3)19-8-4/h15-17H,5-14H2,1-4H3. The molecule has 0 radical (unpaired) electrons. The highest BCUT2D eigenvalue weighted by atomic mass is 16.7. The van der Waals surface area contributed by atoms with Crippen LogP contribution in [0, 0.1) is 0 Å². The van der Waals surface area contributed by atoms with Crippen LogP contribution in [0.2, 0.25) is 0 Å². The smallest absolute Gasteiger partial charge is 0.172 e. The van der Waals surface area contributed by atoms with Crippen molar-refractivity contribution < 1.29 is 9.47 Å². The van der Waals surface area contributed by atoms with Crippen LogP contribution in [0.5, 0.6) is 0 Å². The van der Waals surface area contributed by atoms with Crippen LogP contribution in [-0.2, 0) is 9.47 Å². The summed E-state index contributed by atoms with van der Waals surface area (Å²) < 4.78 is 11.4. The lowest BCUT2D eigenvalue weighted by atomic mass is 10.1. The molecule has 0 rings (SSSR count). The molecule has 0 aliphatic rings. The van der Waals surface area contributed by atoms with E-state index in [0.717, 1.165) is 13.0 Å². The summed E-state index contributed by atoms with van der Waals surface area (Å²) in [5, 5.41) is 3.50. The van der Waals surface area contributed by atoms with Gasteiger partial charge in [0.25, 0.3) is 0 Å². The fraction of sp³-hybridized carbons (Fsp3) is 1.00. The van der Waals surface area contributed by atoms with Gasteiger partial charge < -0.3 is 14.8 Å². The van der Waals surface area contributed by atoms with Gasteiger partial charge in [0.05, 0.1) is 6.04 Å². The Balaban J connectivity index is 3.93. The lowest BCUT2D eigenvalue weighted by Gasteiger charge is -2.27. The average molecular weight is 273 g/mol. The summed E-state index contributed by atoms with van der Waals surface area (Å²) in [5.74, 6) is 0. The maximum atomic E-state index is 5.71. The van der Waals surface area contributed by atoms with Gasteiger partial charge in [-0.2, -0.15) is 0 Å². The molecular weight excluding hydrogens is 238 g/mol. The van der Waals surface area contributed by atoms with Gasteiger partial charge in [-0.05, 0) is 26.8 Å². The number of hydrogen-bond acceptors (Lipinski definition) is 3. The number of hydrogen-bond donors (Lipinski definition) is 1. The van der Waals surface area contributed by atoms with Gasteiger partial charge in [0.15, 0.2) is 6.29 Å². The van der Waals surface area contributed by atoms with E-state index >= 15 is 0 Å². The molecule has 1 unspecified atom stereocenters. The number of rotatable bonds is 14. The lowest BCUT2D eigenvalue weighted by molar-refractivity contribution is -0.155. The second kappa shape index (κ2) is 14.3. The van der Waals surface area contributed by atoms with Crippen LogP contribution in [0.4, 0.5) is 0 Å². The minimum Gasteiger partial charge on any atom is -0.351 e. The molecule has 0 bridgehead atoms. The zero-order chi connectivity index (χ0) is 14.3. The van der Waals surface area contributed by atoms with Crippen LogP contribution < -0.4 is 5.32 Å². The van der Waals surface area contributed by atoms with Gasteiger partial charge in [-0.3, -0.25) is 0 Å². The van der Waals surface area contributed by atoms with Gasteiger partial charge in [0.1, 0.15) is 0 Å². The van der Waals surface area contributed by atoms with Crippen LogP contribution in [0.15, 0.2) is 0 Å². The van der Waals surface area contributed by atoms with Crippen molar-refractivity contribution in [2.24, 2.45) is 0 Å². The van der Waals surface area contributed by atoms with Gasteiger partial charge in [-0.25, -0.2) is 0 Å². The highest BCUT2D eigenvalue weighted by Gasteiger charge is 2.20. The molecule has 116 valence electrons. The third-order valence-electron chi connectivity index (χ3n) is 3.33. The molecule has 0 saturated carbocycles. The molecule has 0 saturated heterocycles. The number of nitrogens with one attached hydrogen (secondary N) is 1. The lowest BCUT2D eigenvalue weighted by Crippen LogP contribution is -2.43. The Morgan fingerprint density at radius 1 is 0.789 bits per heavy atom. The Labute approximate surface area is 120 Å². The molecule has 0 aromatic rings. The molecule has 0 fully saturated rings. The predicted molar refractivity (Wildman–Crippen MR) is 82.5 cm³/mol. The second-order valence-electron chi connectivity index (χ2n) is 5.00. The van der Waals surface area contributed by atoms with E-state index in [1.165, 1.54) is 38.5 Å². The summed E-state index contributed by atoms with van der Waals surface area (Å²) in [7, 11) is 0. The summed E-state index contributed by atoms with van der Waals surface area (Å²) >= 11 is 0. The van der Waals surface area contributed by atoms with E-state index in [2.05, 4.69) is 19.2 Å². The van der Waals surface area contributed by atoms with Gasteiger partial charge >= 0.3 is 0 Å². The molecule has 19 heavy (non-hydrogen) atoms. The van der Waals surface area contributed by atoms with Crippen molar-refractivity contribution in [3.05, 3.63) is 0 Å². The van der Waals surface area contributed by atoms with E-state index in [-0.39, 0.29) is 6.29 Å². The number of likely N-dealkylation sites (N-methyl/N-ethyl adjacent to an activating group) is 1. The SMILES string of the molecule is CCCCCCCCC(NCC)C(OCC)OCC. The first-order chi connectivity index (χ1) is 9.29. The molecule has 3 nitrogen and oxygen atoms in total. The Morgan fingerprint density at radius 2 is 1.37 bits per heavy atom. The third-order valence-corrected chi connectivity index (χ3v) is 3.33. The predicted octanol–water partition coefficient (Wildman–Crippen LogP) is 4.11. The van der Waals surface area contributed by atoms with Crippen molar-refractivity contribution >= 4 is 0 Å². The largest absolute Gasteiger partial charge is 0.351 e. The molecule has 1 N–H and O–H groups in total. The molecule has 0 aromatic heterocycles. The topological polar surface area (TPSA) is 30.5 Å². The first-order valence-electron chi connectivity index (χ1n) is 8.26. The van der Waals surface area contributed by atoms with E-state index < -0.39 is 0 Å². The van der Waals surface area contributed by atoms with Crippen LogP contribution in [0.25, 0.3) is 0 Å². The molecule has 0 spiro atoms. The zero-order valence-corrected chi connectivity index (χ0v) is 13.5. The second-order valence-corrected chi connectivity index (χ2v) is 5.00. The fourth-order valence-electron chi connectivity index (χ4n) is 2.35. The quantitative estimate of drug-likeness (QED) is 0.381. The molecule has 0 aliphatic carbocycles. The fourth-order valence-corrected chi connectivity index (χ4v) is 2.35. The Hall–Kier alpha value is -0.120. The molecule has 0 aromatic carbocycles. The van der Waals surface area contributed by atoms with Gasteiger partial charge in [-0.15, -0.1) is 0 Å². The minimum absolute atomic E-state index is 0.0920.